The Morgan fingerprint density at radius 3 is 2.14 bits per heavy atom. The molecular formula is C17H14ClNO2. The summed E-state index contributed by atoms with van der Waals surface area (Å²) >= 11 is 5.85. The molecule has 2 aromatic rings. The standard InChI is InChI=1S/C17H14ClNO2/c1-11(12-6-8-13(18)9-7-12)10-19-16(20)14-4-2-3-5-15(14)17(19)21/h2-9,11H,10H2,1H3/i1D3. The fourth-order valence-electron chi connectivity index (χ4n) is 2.39. The van der Waals surface area contributed by atoms with Gasteiger partial charge in [0.05, 0.1) is 11.1 Å². The molecule has 0 saturated carbocycles. The van der Waals surface area contributed by atoms with E-state index in [0.717, 1.165) is 4.90 Å². The topological polar surface area (TPSA) is 37.4 Å². The van der Waals surface area contributed by atoms with Crippen molar-refractivity contribution < 1.29 is 13.7 Å². The SMILES string of the molecule is [2H]C([2H])([2H])C(CN1C(=O)c2ccccc2C1=O)c1ccc(Cl)cc1. The second-order valence-corrected chi connectivity index (χ2v) is 5.31. The van der Waals surface area contributed by atoms with E-state index in [1.807, 2.05) is 0 Å². The van der Waals surface area contributed by atoms with E-state index in [1.165, 1.54) is 0 Å². The molecule has 0 bridgehead atoms. The lowest BCUT2D eigenvalue weighted by Gasteiger charge is -2.19. The molecule has 0 fully saturated rings. The van der Waals surface area contributed by atoms with Gasteiger partial charge in [0, 0.05) is 15.7 Å². The van der Waals surface area contributed by atoms with Crippen molar-refractivity contribution in [3.63, 3.8) is 0 Å². The Balaban J connectivity index is 1.94. The fraction of sp³-hybridized carbons (Fsp3) is 0.176. The van der Waals surface area contributed by atoms with Crippen molar-refractivity contribution in [1.29, 1.82) is 0 Å². The average molecular weight is 303 g/mol. The first-order chi connectivity index (χ1) is 11.3. The molecule has 2 aromatic carbocycles. The summed E-state index contributed by atoms with van der Waals surface area (Å²) in [5, 5.41) is 0.490. The molecular weight excluding hydrogens is 286 g/mol. The second-order valence-electron chi connectivity index (χ2n) is 4.87. The molecule has 4 heteroatoms. The summed E-state index contributed by atoms with van der Waals surface area (Å²) in [6.07, 6.45) is 0. The minimum atomic E-state index is -2.36. The van der Waals surface area contributed by atoms with E-state index in [1.54, 1.807) is 48.5 Å². The van der Waals surface area contributed by atoms with Crippen LogP contribution < -0.4 is 0 Å². The van der Waals surface area contributed by atoms with Crippen LogP contribution in [-0.2, 0) is 0 Å². The lowest BCUT2D eigenvalue weighted by atomic mass is 10.0. The number of benzene rings is 2. The van der Waals surface area contributed by atoms with Crippen molar-refractivity contribution in [2.75, 3.05) is 6.54 Å². The van der Waals surface area contributed by atoms with E-state index < -0.39 is 24.6 Å². The highest BCUT2D eigenvalue weighted by atomic mass is 35.5. The van der Waals surface area contributed by atoms with Crippen LogP contribution in [-0.4, -0.2) is 23.3 Å². The van der Waals surface area contributed by atoms with Crippen LogP contribution in [0.4, 0.5) is 0 Å². The van der Waals surface area contributed by atoms with Gasteiger partial charge in [-0.2, -0.15) is 0 Å². The molecule has 1 heterocycles. The molecule has 3 rings (SSSR count). The van der Waals surface area contributed by atoms with E-state index in [2.05, 4.69) is 0 Å². The molecule has 0 spiro atoms. The molecule has 0 saturated heterocycles. The van der Waals surface area contributed by atoms with Crippen molar-refractivity contribution in [3.8, 4) is 0 Å². The Hall–Kier alpha value is -2.13. The predicted molar refractivity (Wildman–Crippen MR) is 81.7 cm³/mol. The van der Waals surface area contributed by atoms with Crippen LogP contribution in [0, 0.1) is 0 Å². The number of imide groups is 1. The van der Waals surface area contributed by atoms with E-state index in [-0.39, 0.29) is 6.54 Å². The van der Waals surface area contributed by atoms with Gasteiger partial charge < -0.3 is 0 Å². The number of halogens is 1. The predicted octanol–water partition coefficient (Wildman–Crippen LogP) is 3.74. The molecule has 1 unspecified atom stereocenters. The van der Waals surface area contributed by atoms with Gasteiger partial charge in [0.2, 0.25) is 0 Å². The largest absolute Gasteiger partial charge is 0.274 e. The zero-order valence-electron chi connectivity index (χ0n) is 14.0. The van der Waals surface area contributed by atoms with Crippen LogP contribution in [0.2, 0.25) is 5.02 Å². The van der Waals surface area contributed by atoms with Crippen LogP contribution >= 0.6 is 11.6 Å². The summed E-state index contributed by atoms with van der Waals surface area (Å²) < 4.78 is 23.4. The lowest BCUT2D eigenvalue weighted by Crippen LogP contribution is -2.33. The van der Waals surface area contributed by atoms with E-state index in [0.29, 0.717) is 21.7 Å². The van der Waals surface area contributed by atoms with E-state index in [9.17, 15) is 9.59 Å². The van der Waals surface area contributed by atoms with Gasteiger partial charge in [-0.05, 0) is 35.7 Å². The first-order valence-corrected chi connectivity index (χ1v) is 6.87. The molecule has 106 valence electrons. The van der Waals surface area contributed by atoms with Crippen molar-refractivity contribution in [2.24, 2.45) is 0 Å². The average Bonchev–Trinajstić information content (AvgIpc) is 2.77. The molecule has 1 atom stereocenters. The summed E-state index contributed by atoms with van der Waals surface area (Å²) in [5.41, 5.74) is 1.13. The molecule has 0 radical (unpaired) electrons. The third kappa shape index (κ3) is 2.45. The molecule has 0 N–H and O–H groups in total. The Bertz CT molecular complexity index is 767. The molecule has 1 aliphatic heterocycles. The van der Waals surface area contributed by atoms with Crippen LogP contribution in [0.1, 0.15) is 43.2 Å². The van der Waals surface area contributed by atoms with Crippen LogP contribution in [0.25, 0.3) is 0 Å². The summed E-state index contributed by atoms with van der Waals surface area (Å²) in [5.74, 6) is -1.89. The van der Waals surface area contributed by atoms with Crippen LogP contribution in [0.5, 0.6) is 0 Å². The van der Waals surface area contributed by atoms with Gasteiger partial charge >= 0.3 is 0 Å². The highest BCUT2D eigenvalue weighted by Gasteiger charge is 2.35. The highest BCUT2D eigenvalue weighted by Crippen LogP contribution is 2.26. The fourth-order valence-corrected chi connectivity index (χ4v) is 2.51. The number of nitrogens with zero attached hydrogens (tertiary/aromatic N) is 1. The quantitative estimate of drug-likeness (QED) is 0.810. The van der Waals surface area contributed by atoms with Gasteiger partial charge in [-0.15, -0.1) is 0 Å². The number of carbonyl (C=O) groups is 2. The number of hydrogen-bond donors (Lipinski definition) is 0. The zero-order valence-corrected chi connectivity index (χ0v) is 11.8. The van der Waals surface area contributed by atoms with Gasteiger partial charge in [0.25, 0.3) is 11.8 Å². The Labute approximate surface area is 132 Å². The minimum absolute atomic E-state index is 0.204. The Kier molecular flexibility index (Phi) is 2.69. The highest BCUT2D eigenvalue weighted by molar-refractivity contribution is 6.30. The first-order valence-electron chi connectivity index (χ1n) is 7.99. The van der Waals surface area contributed by atoms with Gasteiger partial charge in [-0.3, -0.25) is 14.5 Å². The molecule has 2 amide bonds. The number of rotatable bonds is 3. The normalized spacial score (nSPS) is 18.0. The third-order valence-corrected chi connectivity index (χ3v) is 3.77. The summed E-state index contributed by atoms with van der Waals surface area (Å²) in [6, 6.07) is 12.9. The Morgan fingerprint density at radius 1 is 1.05 bits per heavy atom. The number of carbonyl (C=O) groups excluding carboxylic acids is 2. The first kappa shape index (κ1) is 10.6. The summed E-state index contributed by atoms with van der Waals surface area (Å²) in [7, 11) is 0. The van der Waals surface area contributed by atoms with E-state index in [4.69, 9.17) is 15.7 Å². The molecule has 0 aromatic heterocycles. The monoisotopic (exact) mass is 302 g/mol. The zero-order chi connectivity index (χ0) is 17.5. The molecule has 0 aliphatic carbocycles. The maximum absolute atomic E-state index is 12.5. The summed E-state index contributed by atoms with van der Waals surface area (Å²) in [6.45, 7) is -2.56. The summed E-state index contributed by atoms with van der Waals surface area (Å²) in [4.78, 5) is 25.9. The number of hydrogen-bond acceptors (Lipinski definition) is 2. The second kappa shape index (κ2) is 5.34. The van der Waals surface area contributed by atoms with Gasteiger partial charge in [0.1, 0.15) is 0 Å². The van der Waals surface area contributed by atoms with Crippen LogP contribution in [0.3, 0.4) is 0 Å². The van der Waals surface area contributed by atoms with E-state index >= 15 is 0 Å². The maximum Gasteiger partial charge on any atom is 0.261 e. The molecule has 1 aliphatic rings. The van der Waals surface area contributed by atoms with Crippen molar-refractivity contribution in [2.45, 2.75) is 12.8 Å². The lowest BCUT2D eigenvalue weighted by molar-refractivity contribution is 0.0646. The number of amides is 2. The van der Waals surface area contributed by atoms with Crippen molar-refractivity contribution in [3.05, 3.63) is 70.2 Å². The minimum Gasteiger partial charge on any atom is -0.274 e. The van der Waals surface area contributed by atoms with Gasteiger partial charge in [-0.1, -0.05) is 42.7 Å². The number of fused-ring (bicyclic) bond motifs is 1. The van der Waals surface area contributed by atoms with Crippen molar-refractivity contribution >= 4 is 23.4 Å². The maximum atomic E-state index is 12.5. The Morgan fingerprint density at radius 2 is 1.62 bits per heavy atom. The van der Waals surface area contributed by atoms with Crippen molar-refractivity contribution in [1.82, 2.24) is 4.90 Å². The smallest absolute Gasteiger partial charge is 0.261 e. The molecule has 3 nitrogen and oxygen atoms in total. The van der Waals surface area contributed by atoms with Gasteiger partial charge in [0.15, 0.2) is 0 Å². The van der Waals surface area contributed by atoms with Crippen LogP contribution in [0.15, 0.2) is 48.5 Å². The van der Waals surface area contributed by atoms with Gasteiger partial charge in [-0.25, -0.2) is 0 Å². The third-order valence-electron chi connectivity index (χ3n) is 3.52. The molecule has 21 heavy (non-hydrogen) atoms.